The highest BCUT2D eigenvalue weighted by atomic mass is 16.5. The van der Waals surface area contributed by atoms with E-state index in [2.05, 4.69) is 4.98 Å². The Kier molecular flexibility index (Phi) is 5.31. The van der Waals surface area contributed by atoms with Crippen LogP contribution < -0.4 is 4.74 Å². The fourth-order valence-electron chi connectivity index (χ4n) is 3.26. The minimum absolute atomic E-state index is 0.0407. The summed E-state index contributed by atoms with van der Waals surface area (Å²) in [5, 5.41) is 0. The van der Waals surface area contributed by atoms with E-state index < -0.39 is 0 Å². The first-order valence-corrected chi connectivity index (χ1v) is 8.84. The van der Waals surface area contributed by atoms with Gasteiger partial charge in [0.15, 0.2) is 5.82 Å². The fourth-order valence-corrected chi connectivity index (χ4v) is 3.26. The summed E-state index contributed by atoms with van der Waals surface area (Å²) in [6.45, 7) is 5.51. The van der Waals surface area contributed by atoms with Gasteiger partial charge in [0.05, 0.1) is 7.11 Å². The molecule has 1 fully saturated rings. The molecule has 0 radical (unpaired) electrons. The van der Waals surface area contributed by atoms with Crippen LogP contribution in [0.3, 0.4) is 0 Å². The number of benzene rings is 1. The Morgan fingerprint density at radius 1 is 1.24 bits per heavy atom. The third-order valence-corrected chi connectivity index (χ3v) is 4.67. The Hall–Kier alpha value is -2.43. The molecule has 2 heterocycles. The maximum Gasteiger partial charge on any atom is 0.225 e. The van der Waals surface area contributed by atoms with E-state index in [1.165, 1.54) is 0 Å². The smallest absolute Gasteiger partial charge is 0.225 e. The minimum atomic E-state index is 0.0407. The molecule has 0 bridgehead atoms. The average Bonchev–Trinajstić information content (AvgIpc) is 2.67. The van der Waals surface area contributed by atoms with Crippen molar-refractivity contribution in [3.05, 3.63) is 42.2 Å². The molecule has 5 heteroatoms. The second-order valence-electron chi connectivity index (χ2n) is 6.81. The van der Waals surface area contributed by atoms with Crippen molar-refractivity contribution in [1.29, 1.82) is 0 Å². The van der Waals surface area contributed by atoms with Crippen molar-refractivity contribution in [1.82, 2.24) is 14.9 Å². The number of hydrogen-bond acceptors (Lipinski definition) is 4. The van der Waals surface area contributed by atoms with Crippen LogP contribution in [0.5, 0.6) is 5.75 Å². The molecule has 2 aromatic rings. The van der Waals surface area contributed by atoms with Gasteiger partial charge in [-0.15, -0.1) is 0 Å². The Morgan fingerprint density at radius 3 is 2.68 bits per heavy atom. The predicted molar refractivity (Wildman–Crippen MR) is 97.4 cm³/mol. The van der Waals surface area contributed by atoms with Crippen molar-refractivity contribution in [2.24, 2.45) is 5.92 Å². The highest BCUT2D eigenvalue weighted by Gasteiger charge is 2.27. The molecule has 1 aliphatic rings. The number of rotatable bonds is 4. The van der Waals surface area contributed by atoms with E-state index in [0.717, 1.165) is 42.9 Å². The van der Waals surface area contributed by atoms with Crippen molar-refractivity contribution in [2.75, 3.05) is 20.2 Å². The molecule has 1 atom stereocenters. The minimum Gasteiger partial charge on any atom is -0.497 e. The highest BCUT2D eigenvalue weighted by Crippen LogP contribution is 2.28. The first-order chi connectivity index (χ1) is 12.1. The summed E-state index contributed by atoms with van der Waals surface area (Å²) < 4.78 is 5.20. The largest absolute Gasteiger partial charge is 0.497 e. The summed E-state index contributed by atoms with van der Waals surface area (Å²) in [6.07, 6.45) is 3.89. The van der Waals surface area contributed by atoms with E-state index in [1.54, 1.807) is 7.11 Å². The molecule has 1 aromatic carbocycles. The van der Waals surface area contributed by atoms with E-state index >= 15 is 0 Å². The lowest BCUT2D eigenvalue weighted by Crippen LogP contribution is -2.41. The summed E-state index contributed by atoms with van der Waals surface area (Å²) in [7, 11) is 1.65. The molecule has 25 heavy (non-hydrogen) atoms. The van der Waals surface area contributed by atoms with E-state index in [9.17, 15) is 4.79 Å². The second-order valence-corrected chi connectivity index (χ2v) is 6.81. The van der Waals surface area contributed by atoms with Gasteiger partial charge in [-0.25, -0.2) is 9.97 Å². The lowest BCUT2D eigenvalue weighted by Gasteiger charge is -2.33. The number of likely N-dealkylation sites (tertiary alicyclic amines) is 1. The molecule has 0 saturated carbocycles. The molecule has 1 saturated heterocycles. The number of carbonyl (C=O) groups is 1. The third-order valence-electron chi connectivity index (χ3n) is 4.67. The molecular weight excluding hydrogens is 314 g/mol. The van der Waals surface area contributed by atoms with Crippen LogP contribution in [0.25, 0.3) is 11.4 Å². The first-order valence-electron chi connectivity index (χ1n) is 8.84. The zero-order valence-electron chi connectivity index (χ0n) is 15.1. The molecule has 1 amide bonds. The van der Waals surface area contributed by atoms with E-state index in [-0.39, 0.29) is 17.7 Å². The molecule has 1 aliphatic heterocycles. The number of piperidine rings is 1. The number of aromatic nitrogens is 2. The van der Waals surface area contributed by atoms with Crippen LogP contribution in [-0.4, -0.2) is 41.0 Å². The average molecular weight is 339 g/mol. The standard InChI is InChI=1S/C20H25N3O2/c1-14(2)20(24)23-12-4-5-16(13-23)18-10-11-21-19(22-18)15-6-8-17(25-3)9-7-15/h6-11,14,16H,4-5,12-13H2,1-3H3. The van der Waals surface area contributed by atoms with Crippen molar-refractivity contribution < 1.29 is 9.53 Å². The number of amides is 1. The van der Waals surface area contributed by atoms with Gasteiger partial charge in [-0.2, -0.15) is 0 Å². The van der Waals surface area contributed by atoms with Gasteiger partial charge in [-0.1, -0.05) is 13.8 Å². The molecule has 0 spiro atoms. The molecule has 3 rings (SSSR count). The maximum atomic E-state index is 12.3. The van der Waals surface area contributed by atoms with Gasteiger partial charge in [0, 0.05) is 42.4 Å². The number of methoxy groups -OCH3 is 1. The van der Waals surface area contributed by atoms with Crippen molar-refractivity contribution in [3.8, 4) is 17.1 Å². The SMILES string of the molecule is COc1ccc(-c2nccc(C3CCCN(C(=O)C(C)C)C3)n2)cc1. The second kappa shape index (κ2) is 7.64. The molecule has 0 N–H and O–H groups in total. The Morgan fingerprint density at radius 2 is 2.00 bits per heavy atom. The van der Waals surface area contributed by atoms with Crippen LogP contribution in [0, 0.1) is 5.92 Å². The van der Waals surface area contributed by atoms with Gasteiger partial charge in [0.2, 0.25) is 5.91 Å². The van der Waals surface area contributed by atoms with Gasteiger partial charge in [0.1, 0.15) is 5.75 Å². The summed E-state index contributed by atoms with van der Waals surface area (Å²) in [4.78, 5) is 23.5. The van der Waals surface area contributed by atoms with Crippen molar-refractivity contribution in [2.45, 2.75) is 32.6 Å². The van der Waals surface area contributed by atoms with Gasteiger partial charge in [0.25, 0.3) is 0 Å². The molecule has 132 valence electrons. The van der Waals surface area contributed by atoms with Crippen LogP contribution in [0.4, 0.5) is 0 Å². The van der Waals surface area contributed by atoms with E-state index in [1.807, 2.05) is 55.3 Å². The molecule has 1 aromatic heterocycles. The van der Waals surface area contributed by atoms with E-state index in [0.29, 0.717) is 5.82 Å². The van der Waals surface area contributed by atoms with Crippen LogP contribution in [0.15, 0.2) is 36.5 Å². The number of hydrogen-bond donors (Lipinski definition) is 0. The first kappa shape index (κ1) is 17.4. The Labute approximate surface area is 149 Å². The zero-order chi connectivity index (χ0) is 17.8. The third kappa shape index (κ3) is 3.98. The Balaban J connectivity index is 1.79. The van der Waals surface area contributed by atoms with Crippen LogP contribution in [0.2, 0.25) is 0 Å². The lowest BCUT2D eigenvalue weighted by atomic mass is 9.93. The van der Waals surface area contributed by atoms with Crippen LogP contribution in [0.1, 0.15) is 38.3 Å². The van der Waals surface area contributed by atoms with E-state index in [4.69, 9.17) is 9.72 Å². The number of carbonyl (C=O) groups excluding carboxylic acids is 1. The van der Waals surface area contributed by atoms with Gasteiger partial charge < -0.3 is 9.64 Å². The van der Waals surface area contributed by atoms with Crippen LogP contribution in [-0.2, 0) is 4.79 Å². The predicted octanol–water partition coefficient (Wildman–Crippen LogP) is 3.51. The van der Waals surface area contributed by atoms with Gasteiger partial charge in [-0.05, 0) is 43.2 Å². The summed E-state index contributed by atoms with van der Waals surface area (Å²) >= 11 is 0. The van der Waals surface area contributed by atoms with Gasteiger partial charge in [-0.3, -0.25) is 4.79 Å². The molecular formula is C20H25N3O2. The number of ether oxygens (including phenoxy) is 1. The maximum absolute atomic E-state index is 12.3. The van der Waals surface area contributed by atoms with Gasteiger partial charge >= 0.3 is 0 Å². The summed E-state index contributed by atoms with van der Waals surface area (Å²) in [6, 6.07) is 9.73. The lowest BCUT2D eigenvalue weighted by molar-refractivity contribution is -0.135. The quantitative estimate of drug-likeness (QED) is 0.855. The Bertz CT molecular complexity index is 728. The normalized spacial score (nSPS) is 17.6. The molecule has 1 unspecified atom stereocenters. The van der Waals surface area contributed by atoms with Crippen molar-refractivity contribution >= 4 is 5.91 Å². The highest BCUT2D eigenvalue weighted by molar-refractivity contribution is 5.78. The summed E-state index contributed by atoms with van der Waals surface area (Å²) in [5.41, 5.74) is 1.98. The van der Waals surface area contributed by atoms with Crippen LogP contribution >= 0.6 is 0 Å². The fraction of sp³-hybridized carbons (Fsp3) is 0.450. The number of nitrogens with zero attached hydrogens (tertiary/aromatic N) is 3. The van der Waals surface area contributed by atoms with Crippen molar-refractivity contribution in [3.63, 3.8) is 0 Å². The summed E-state index contributed by atoms with van der Waals surface area (Å²) in [5.74, 6) is 2.08. The monoisotopic (exact) mass is 339 g/mol. The zero-order valence-corrected chi connectivity index (χ0v) is 15.1. The molecule has 0 aliphatic carbocycles. The topological polar surface area (TPSA) is 55.3 Å². The molecule has 5 nitrogen and oxygen atoms in total.